The Morgan fingerprint density at radius 3 is 2.67 bits per heavy atom. The van der Waals surface area contributed by atoms with Gasteiger partial charge in [0.1, 0.15) is 4.90 Å². The lowest BCUT2D eigenvalue weighted by molar-refractivity contribution is 0.0769. The van der Waals surface area contributed by atoms with Gasteiger partial charge in [0.2, 0.25) is 10.0 Å². The first-order valence-electron chi connectivity index (χ1n) is 7.43. The minimum atomic E-state index is -3.58. The van der Waals surface area contributed by atoms with Crippen LogP contribution in [0.2, 0.25) is 0 Å². The van der Waals surface area contributed by atoms with Crippen LogP contribution in [0.3, 0.4) is 0 Å². The van der Waals surface area contributed by atoms with Crippen molar-refractivity contribution in [1.82, 2.24) is 9.29 Å². The van der Waals surface area contributed by atoms with Crippen LogP contribution in [-0.4, -0.2) is 47.5 Å². The third-order valence-corrected chi connectivity index (χ3v) is 6.38. The average Bonchev–Trinajstić information content (AvgIpc) is 2.73. The highest BCUT2D eigenvalue weighted by Crippen LogP contribution is 2.40. The van der Waals surface area contributed by atoms with Crippen molar-refractivity contribution in [3.05, 3.63) is 18.5 Å². The highest BCUT2D eigenvalue weighted by molar-refractivity contribution is 7.89. The van der Waals surface area contributed by atoms with Crippen LogP contribution in [0.5, 0.6) is 0 Å². The Morgan fingerprint density at radius 2 is 2.05 bits per heavy atom. The highest BCUT2D eigenvalue weighted by Gasteiger charge is 2.47. The molecule has 0 aromatic carbocycles. The molecule has 116 valence electrons. The van der Waals surface area contributed by atoms with Crippen molar-refractivity contribution >= 4 is 15.7 Å². The van der Waals surface area contributed by atoms with E-state index in [1.807, 2.05) is 6.92 Å². The van der Waals surface area contributed by atoms with Gasteiger partial charge in [0.05, 0.1) is 11.8 Å². The molecule has 2 saturated heterocycles. The zero-order valence-corrected chi connectivity index (χ0v) is 12.9. The zero-order chi connectivity index (χ0) is 15.0. The molecular weight excluding hydrogens is 290 g/mol. The van der Waals surface area contributed by atoms with Crippen molar-refractivity contribution in [3.8, 4) is 0 Å². The lowest BCUT2D eigenvalue weighted by Gasteiger charge is -2.36. The summed E-state index contributed by atoms with van der Waals surface area (Å²) in [4.78, 5) is 4.22. The molecule has 7 heteroatoms. The fourth-order valence-corrected chi connectivity index (χ4v) is 5.54. The van der Waals surface area contributed by atoms with Crippen molar-refractivity contribution in [1.29, 1.82) is 0 Å². The number of piperidine rings is 1. The van der Waals surface area contributed by atoms with Crippen LogP contribution >= 0.6 is 0 Å². The number of rotatable bonds is 4. The number of sulfonamides is 1. The van der Waals surface area contributed by atoms with Crippen molar-refractivity contribution in [2.75, 3.05) is 11.9 Å². The first-order valence-corrected chi connectivity index (χ1v) is 8.87. The van der Waals surface area contributed by atoms with Gasteiger partial charge in [-0.05, 0) is 38.7 Å². The van der Waals surface area contributed by atoms with Gasteiger partial charge < -0.3 is 10.4 Å². The van der Waals surface area contributed by atoms with Crippen LogP contribution in [0.4, 0.5) is 5.69 Å². The van der Waals surface area contributed by atoms with E-state index in [1.54, 1.807) is 16.6 Å². The lowest BCUT2D eigenvalue weighted by atomic mass is 10.0. The van der Waals surface area contributed by atoms with Crippen molar-refractivity contribution in [3.63, 3.8) is 0 Å². The lowest BCUT2D eigenvalue weighted by Crippen LogP contribution is -2.47. The molecule has 0 saturated carbocycles. The minimum Gasteiger partial charge on any atom is -0.393 e. The quantitative estimate of drug-likeness (QED) is 0.873. The molecule has 3 heterocycles. The number of aliphatic hydroxyl groups excluding tert-OH is 1. The van der Waals surface area contributed by atoms with Gasteiger partial charge in [-0.1, -0.05) is 0 Å². The fourth-order valence-electron chi connectivity index (χ4n) is 3.53. The van der Waals surface area contributed by atoms with Crippen molar-refractivity contribution < 1.29 is 13.5 Å². The van der Waals surface area contributed by atoms with Crippen LogP contribution in [0.1, 0.15) is 32.6 Å². The number of fused-ring (bicyclic) bond motifs is 2. The molecule has 0 spiro atoms. The second kappa shape index (κ2) is 5.55. The Hall–Kier alpha value is -1.18. The van der Waals surface area contributed by atoms with Gasteiger partial charge in [0.25, 0.3) is 0 Å². The number of hydrogen-bond acceptors (Lipinski definition) is 5. The molecule has 2 aliphatic heterocycles. The van der Waals surface area contributed by atoms with Gasteiger partial charge in [0.15, 0.2) is 0 Å². The zero-order valence-electron chi connectivity index (χ0n) is 12.1. The monoisotopic (exact) mass is 311 g/mol. The predicted octanol–water partition coefficient (Wildman–Crippen LogP) is 1.19. The summed E-state index contributed by atoms with van der Waals surface area (Å²) in [6.45, 7) is 2.58. The van der Waals surface area contributed by atoms with Gasteiger partial charge in [-0.2, -0.15) is 4.31 Å². The van der Waals surface area contributed by atoms with E-state index in [1.165, 1.54) is 6.20 Å². The van der Waals surface area contributed by atoms with E-state index < -0.39 is 10.0 Å². The largest absolute Gasteiger partial charge is 0.393 e. The number of aromatic nitrogens is 1. The number of nitrogens with zero attached hydrogens (tertiary/aromatic N) is 2. The van der Waals surface area contributed by atoms with Gasteiger partial charge in [0, 0.05) is 31.0 Å². The second-order valence-corrected chi connectivity index (χ2v) is 7.56. The summed E-state index contributed by atoms with van der Waals surface area (Å²) in [6.07, 6.45) is 5.36. The maximum absolute atomic E-state index is 13.0. The second-order valence-electron chi connectivity index (χ2n) is 5.75. The molecular formula is C14H21N3O3S. The van der Waals surface area contributed by atoms with Crippen molar-refractivity contribution in [2.24, 2.45) is 0 Å². The number of anilines is 1. The summed E-state index contributed by atoms with van der Waals surface area (Å²) >= 11 is 0. The third-order valence-electron chi connectivity index (χ3n) is 4.35. The first kappa shape index (κ1) is 14.7. The predicted molar refractivity (Wildman–Crippen MR) is 79.5 cm³/mol. The normalized spacial score (nSPS) is 29.5. The van der Waals surface area contributed by atoms with E-state index in [-0.39, 0.29) is 23.1 Å². The van der Waals surface area contributed by atoms with Gasteiger partial charge in [-0.15, -0.1) is 0 Å². The summed E-state index contributed by atoms with van der Waals surface area (Å²) in [6, 6.07) is 1.52. The Bertz CT molecular complexity index is 606. The van der Waals surface area contributed by atoms with E-state index >= 15 is 0 Å². The maximum Gasteiger partial charge on any atom is 0.247 e. The third kappa shape index (κ3) is 2.54. The topological polar surface area (TPSA) is 82.5 Å². The minimum absolute atomic E-state index is 0.0848. The summed E-state index contributed by atoms with van der Waals surface area (Å²) < 4.78 is 27.6. The first-order chi connectivity index (χ1) is 10.0. The molecule has 1 aromatic rings. The molecule has 2 atom stereocenters. The molecule has 2 bridgehead atoms. The van der Waals surface area contributed by atoms with Gasteiger partial charge in [-0.3, -0.25) is 4.98 Å². The standard InChI is InChI=1S/C14H21N3O3S/c1-2-16-13-5-6-15-9-14(13)21(19,20)17-10-3-4-11(17)8-12(18)7-10/h5-6,9-12,18H,2-4,7-8H2,1H3,(H,15,16). The Balaban J connectivity index is 1.98. The Labute approximate surface area is 125 Å². The van der Waals surface area contributed by atoms with E-state index in [0.717, 1.165) is 12.8 Å². The SMILES string of the molecule is CCNc1ccncc1S(=O)(=O)N1C2CCC1CC(O)C2. The molecule has 2 unspecified atom stereocenters. The van der Waals surface area contributed by atoms with Crippen LogP contribution in [-0.2, 0) is 10.0 Å². The Morgan fingerprint density at radius 1 is 1.38 bits per heavy atom. The van der Waals surface area contributed by atoms with Crippen molar-refractivity contribution in [2.45, 2.75) is 55.7 Å². The van der Waals surface area contributed by atoms with E-state index in [2.05, 4.69) is 10.3 Å². The number of aliphatic hydroxyl groups is 1. The molecule has 1 aromatic heterocycles. The summed E-state index contributed by atoms with van der Waals surface area (Å²) in [5, 5.41) is 12.9. The van der Waals surface area contributed by atoms with Crippen LogP contribution in [0, 0.1) is 0 Å². The smallest absolute Gasteiger partial charge is 0.247 e. The molecule has 0 aliphatic carbocycles. The van der Waals surface area contributed by atoms with Gasteiger partial charge in [-0.25, -0.2) is 8.42 Å². The van der Waals surface area contributed by atoms with Gasteiger partial charge >= 0.3 is 0 Å². The molecule has 0 radical (unpaired) electrons. The fraction of sp³-hybridized carbons (Fsp3) is 0.643. The molecule has 0 amide bonds. The molecule has 6 nitrogen and oxygen atoms in total. The van der Waals surface area contributed by atoms with E-state index in [0.29, 0.717) is 25.1 Å². The highest BCUT2D eigenvalue weighted by atomic mass is 32.2. The number of nitrogens with one attached hydrogen (secondary N) is 1. The molecule has 2 N–H and O–H groups in total. The summed E-state index contributed by atoms with van der Waals surface area (Å²) in [7, 11) is -3.58. The number of pyridine rings is 1. The summed E-state index contributed by atoms with van der Waals surface area (Å²) in [5.74, 6) is 0. The maximum atomic E-state index is 13.0. The number of hydrogen-bond donors (Lipinski definition) is 2. The van der Waals surface area contributed by atoms with Crippen LogP contribution < -0.4 is 5.32 Å². The van der Waals surface area contributed by atoms with Crippen LogP contribution in [0.15, 0.2) is 23.4 Å². The molecule has 21 heavy (non-hydrogen) atoms. The van der Waals surface area contributed by atoms with E-state index in [4.69, 9.17) is 0 Å². The van der Waals surface area contributed by atoms with Crippen LogP contribution in [0.25, 0.3) is 0 Å². The average molecular weight is 311 g/mol. The summed E-state index contributed by atoms with van der Waals surface area (Å²) in [5.41, 5.74) is 0.595. The molecule has 2 aliphatic rings. The molecule has 3 rings (SSSR count). The molecule has 2 fully saturated rings. The van der Waals surface area contributed by atoms with E-state index in [9.17, 15) is 13.5 Å². The Kier molecular flexibility index (Phi) is 3.90.